The third kappa shape index (κ3) is 4.22. The van der Waals surface area contributed by atoms with E-state index in [1.807, 2.05) is 6.07 Å². The van der Waals surface area contributed by atoms with Gasteiger partial charge in [-0.25, -0.2) is 9.18 Å². The number of aliphatic hydroxyl groups excluding tert-OH is 1. The number of fused-ring (bicyclic) bond motifs is 1. The van der Waals surface area contributed by atoms with E-state index in [1.54, 1.807) is 30.3 Å². The second-order valence-electron chi connectivity index (χ2n) is 8.44. The van der Waals surface area contributed by atoms with Crippen LogP contribution in [-0.4, -0.2) is 41.0 Å². The largest absolute Gasteiger partial charge is 0.462 e. The molecule has 3 fully saturated rings. The highest BCUT2D eigenvalue weighted by Gasteiger charge is 2.51. The minimum Gasteiger partial charge on any atom is -0.462 e. The van der Waals surface area contributed by atoms with Gasteiger partial charge in [0.15, 0.2) is 0 Å². The quantitative estimate of drug-likeness (QED) is 0.600. The minimum atomic E-state index is -1.61. The molecule has 0 bridgehead atoms. The molecule has 0 radical (unpaired) electrons. The van der Waals surface area contributed by atoms with E-state index in [9.17, 15) is 14.7 Å². The summed E-state index contributed by atoms with van der Waals surface area (Å²) in [6.07, 6.45) is 5.14. The summed E-state index contributed by atoms with van der Waals surface area (Å²) in [5, 5.41) is 10.5. The van der Waals surface area contributed by atoms with Crippen molar-refractivity contribution < 1.29 is 28.6 Å². The maximum Gasteiger partial charge on any atom is 0.338 e. The predicted octanol–water partition coefficient (Wildman–Crippen LogP) is 3.75. The number of aliphatic hydroxyl groups is 1. The standard InChI is InChI=1S/C23H27FO5/c24-23(11-5-2-6-12-23)20(25)10-9-16-17-13-21(26)28-19(17)14-18(16)29-22(27)15-7-3-1-4-8-15/h1,3-4,7-10,16-20,25H,2,5-6,11-14H2/t16-,17-,18-,19?,20+/m0/s1. The number of carbonyl (C=O) groups is 2. The van der Waals surface area contributed by atoms with Crippen molar-refractivity contribution in [3.8, 4) is 0 Å². The van der Waals surface area contributed by atoms with Crippen molar-refractivity contribution in [2.24, 2.45) is 11.8 Å². The average Bonchev–Trinajstić information content (AvgIpc) is 3.23. The number of hydrogen-bond donors (Lipinski definition) is 1. The molecular formula is C23H27FO5. The van der Waals surface area contributed by atoms with Crippen LogP contribution in [0.2, 0.25) is 0 Å². The first-order chi connectivity index (χ1) is 14.0. The van der Waals surface area contributed by atoms with Crippen LogP contribution in [0.5, 0.6) is 0 Å². The molecular weight excluding hydrogens is 375 g/mol. The van der Waals surface area contributed by atoms with Gasteiger partial charge in [0.25, 0.3) is 0 Å². The maximum atomic E-state index is 15.0. The van der Waals surface area contributed by atoms with Gasteiger partial charge in [0, 0.05) is 18.3 Å². The van der Waals surface area contributed by atoms with E-state index in [1.165, 1.54) is 6.08 Å². The number of carbonyl (C=O) groups excluding carboxylic acids is 2. The number of esters is 2. The normalized spacial score (nSPS) is 32.0. The van der Waals surface area contributed by atoms with Gasteiger partial charge in [-0.05, 0) is 25.0 Å². The molecule has 1 aromatic carbocycles. The highest BCUT2D eigenvalue weighted by atomic mass is 19.1. The summed E-state index contributed by atoms with van der Waals surface area (Å²) in [6.45, 7) is 0. The lowest BCUT2D eigenvalue weighted by molar-refractivity contribution is -0.141. The third-order valence-electron chi connectivity index (χ3n) is 6.55. The number of hydrogen-bond acceptors (Lipinski definition) is 5. The van der Waals surface area contributed by atoms with E-state index >= 15 is 4.39 Å². The lowest BCUT2D eigenvalue weighted by atomic mass is 9.81. The van der Waals surface area contributed by atoms with Crippen molar-refractivity contribution in [3.05, 3.63) is 48.0 Å². The van der Waals surface area contributed by atoms with Crippen LogP contribution in [0, 0.1) is 11.8 Å². The SMILES string of the molecule is O=C1C[C@@H]2C(C[C@H](OC(=O)c3ccccc3)[C@H]2C=C[C@@H](O)C2(F)CCCCC2)O1. The Labute approximate surface area is 169 Å². The van der Waals surface area contributed by atoms with Crippen molar-refractivity contribution in [2.75, 3.05) is 0 Å². The Morgan fingerprint density at radius 1 is 1.24 bits per heavy atom. The first-order valence-electron chi connectivity index (χ1n) is 10.5. The van der Waals surface area contributed by atoms with Crippen LogP contribution < -0.4 is 0 Å². The highest BCUT2D eigenvalue weighted by molar-refractivity contribution is 5.89. The summed E-state index contributed by atoms with van der Waals surface area (Å²) in [4.78, 5) is 24.2. The fraction of sp³-hybridized carbons (Fsp3) is 0.565. The van der Waals surface area contributed by atoms with Crippen LogP contribution in [0.3, 0.4) is 0 Å². The summed E-state index contributed by atoms with van der Waals surface area (Å²) in [6, 6.07) is 8.72. The van der Waals surface area contributed by atoms with Crippen LogP contribution in [0.1, 0.15) is 55.3 Å². The highest BCUT2D eigenvalue weighted by Crippen LogP contribution is 2.44. The Morgan fingerprint density at radius 2 is 1.97 bits per heavy atom. The van der Waals surface area contributed by atoms with Crippen LogP contribution in [0.25, 0.3) is 0 Å². The molecule has 3 aliphatic rings. The van der Waals surface area contributed by atoms with Crippen molar-refractivity contribution in [1.29, 1.82) is 0 Å². The maximum absolute atomic E-state index is 15.0. The number of halogens is 1. The Balaban J connectivity index is 1.49. The second-order valence-corrected chi connectivity index (χ2v) is 8.44. The molecule has 1 aliphatic heterocycles. The van der Waals surface area contributed by atoms with Gasteiger partial charge < -0.3 is 14.6 Å². The number of ether oxygens (including phenoxy) is 2. The third-order valence-corrected chi connectivity index (χ3v) is 6.55. The van der Waals surface area contributed by atoms with E-state index < -0.39 is 23.8 Å². The monoisotopic (exact) mass is 402 g/mol. The molecule has 1 saturated heterocycles. The van der Waals surface area contributed by atoms with Gasteiger partial charge >= 0.3 is 11.9 Å². The molecule has 5 nitrogen and oxygen atoms in total. The zero-order valence-electron chi connectivity index (χ0n) is 16.3. The van der Waals surface area contributed by atoms with Crippen LogP contribution in [-0.2, 0) is 14.3 Å². The summed E-state index contributed by atoms with van der Waals surface area (Å²) in [5.74, 6) is -1.11. The Morgan fingerprint density at radius 3 is 2.69 bits per heavy atom. The Kier molecular flexibility index (Phi) is 5.72. The lowest BCUT2D eigenvalue weighted by Crippen LogP contribution is -2.38. The molecule has 2 aliphatic carbocycles. The lowest BCUT2D eigenvalue weighted by Gasteiger charge is -2.32. The van der Waals surface area contributed by atoms with Crippen LogP contribution >= 0.6 is 0 Å². The van der Waals surface area contributed by atoms with Crippen molar-refractivity contribution >= 4 is 11.9 Å². The molecule has 1 unspecified atom stereocenters. The smallest absolute Gasteiger partial charge is 0.338 e. The van der Waals surface area contributed by atoms with Crippen LogP contribution in [0.4, 0.5) is 4.39 Å². The zero-order chi connectivity index (χ0) is 20.4. The van der Waals surface area contributed by atoms with Gasteiger partial charge in [-0.2, -0.15) is 0 Å². The first kappa shape index (κ1) is 20.1. The van der Waals surface area contributed by atoms with Gasteiger partial charge in [0.1, 0.15) is 24.0 Å². The second kappa shape index (κ2) is 8.27. The van der Waals surface area contributed by atoms with Gasteiger partial charge in [-0.1, -0.05) is 49.6 Å². The van der Waals surface area contributed by atoms with E-state index in [-0.39, 0.29) is 30.3 Å². The van der Waals surface area contributed by atoms with Gasteiger partial charge in [0.2, 0.25) is 0 Å². The molecule has 0 amide bonds. The first-order valence-corrected chi connectivity index (χ1v) is 10.5. The van der Waals surface area contributed by atoms with E-state index in [4.69, 9.17) is 9.47 Å². The zero-order valence-corrected chi connectivity index (χ0v) is 16.3. The van der Waals surface area contributed by atoms with E-state index in [0.717, 1.165) is 19.3 Å². The van der Waals surface area contributed by atoms with Crippen molar-refractivity contribution in [3.63, 3.8) is 0 Å². The summed E-state index contributed by atoms with van der Waals surface area (Å²) in [5.41, 5.74) is -1.15. The van der Waals surface area contributed by atoms with Crippen molar-refractivity contribution in [2.45, 2.75) is 68.9 Å². The van der Waals surface area contributed by atoms with E-state index in [2.05, 4.69) is 0 Å². The topological polar surface area (TPSA) is 72.8 Å². The molecule has 1 heterocycles. The molecule has 1 aromatic rings. The fourth-order valence-corrected chi connectivity index (χ4v) is 4.91. The van der Waals surface area contributed by atoms with Crippen LogP contribution in [0.15, 0.2) is 42.5 Å². The molecule has 6 heteroatoms. The Hall–Kier alpha value is -2.21. The fourth-order valence-electron chi connectivity index (χ4n) is 4.91. The average molecular weight is 402 g/mol. The molecule has 1 N–H and O–H groups in total. The number of rotatable bonds is 5. The molecule has 29 heavy (non-hydrogen) atoms. The molecule has 4 rings (SSSR count). The van der Waals surface area contributed by atoms with Gasteiger partial charge in [-0.3, -0.25) is 4.79 Å². The molecule has 2 saturated carbocycles. The van der Waals surface area contributed by atoms with Gasteiger partial charge in [0.05, 0.1) is 12.0 Å². The summed E-state index contributed by atoms with van der Waals surface area (Å²) >= 11 is 0. The van der Waals surface area contributed by atoms with Crippen molar-refractivity contribution in [1.82, 2.24) is 0 Å². The predicted molar refractivity (Wildman–Crippen MR) is 104 cm³/mol. The minimum absolute atomic E-state index is 0.124. The number of alkyl halides is 1. The molecule has 5 atom stereocenters. The summed E-state index contributed by atoms with van der Waals surface area (Å²) < 4.78 is 26.1. The number of benzene rings is 1. The molecule has 0 aromatic heterocycles. The molecule has 0 spiro atoms. The van der Waals surface area contributed by atoms with E-state index in [0.29, 0.717) is 24.8 Å². The summed E-state index contributed by atoms with van der Waals surface area (Å²) in [7, 11) is 0. The Bertz CT molecular complexity index is 771. The van der Waals surface area contributed by atoms with Gasteiger partial charge in [-0.15, -0.1) is 0 Å². The molecule has 156 valence electrons.